The highest BCUT2D eigenvalue weighted by atomic mass is 16.3. The Morgan fingerprint density at radius 3 is 3.05 bits per heavy atom. The fourth-order valence-electron chi connectivity index (χ4n) is 2.67. The molecular weight excluding hydrogens is 272 g/mol. The fraction of sp³-hybridized carbons (Fsp3) is 0.538. The fourth-order valence-corrected chi connectivity index (χ4v) is 2.67. The number of nitrogen functional groups attached to an aromatic ring is 1. The van der Waals surface area contributed by atoms with Crippen LogP contribution in [0.2, 0.25) is 0 Å². The number of fused-ring (bicyclic) bond motifs is 1. The molecule has 1 saturated carbocycles. The van der Waals surface area contributed by atoms with Gasteiger partial charge in [-0.2, -0.15) is 0 Å². The van der Waals surface area contributed by atoms with Gasteiger partial charge in [0.05, 0.1) is 18.5 Å². The van der Waals surface area contributed by atoms with Gasteiger partial charge >= 0.3 is 0 Å². The van der Waals surface area contributed by atoms with E-state index >= 15 is 0 Å². The van der Waals surface area contributed by atoms with Crippen LogP contribution in [0.25, 0.3) is 11.2 Å². The summed E-state index contributed by atoms with van der Waals surface area (Å²) < 4.78 is 1.78. The average Bonchev–Trinajstić information content (AvgIpc) is 3.05. The number of hydrogen-bond donors (Lipinski definition) is 3. The van der Waals surface area contributed by atoms with Gasteiger partial charge in [-0.05, 0) is 19.3 Å². The van der Waals surface area contributed by atoms with Gasteiger partial charge in [0.2, 0.25) is 5.91 Å². The van der Waals surface area contributed by atoms with Crippen molar-refractivity contribution in [2.75, 3.05) is 5.73 Å². The number of rotatable bonds is 4. The highest BCUT2D eigenvalue weighted by Crippen LogP contribution is 2.19. The van der Waals surface area contributed by atoms with E-state index in [0.29, 0.717) is 29.9 Å². The number of aliphatic hydroxyl groups excluding tert-OH is 1. The summed E-state index contributed by atoms with van der Waals surface area (Å²) in [5.41, 5.74) is 6.88. The number of amides is 1. The Labute approximate surface area is 121 Å². The third-order valence-corrected chi connectivity index (χ3v) is 3.84. The zero-order valence-corrected chi connectivity index (χ0v) is 11.6. The maximum atomic E-state index is 11.9. The third kappa shape index (κ3) is 2.80. The van der Waals surface area contributed by atoms with Crippen LogP contribution in [0.5, 0.6) is 0 Å². The van der Waals surface area contributed by atoms with Crippen LogP contribution in [0.15, 0.2) is 12.7 Å². The minimum Gasteiger partial charge on any atom is -0.391 e. The van der Waals surface area contributed by atoms with Crippen LogP contribution in [-0.2, 0) is 11.3 Å². The smallest absolute Gasteiger partial charge is 0.222 e. The second-order valence-corrected chi connectivity index (χ2v) is 5.29. The van der Waals surface area contributed by atoms with E-state index < -0.39 is 6.10 Å². The summed E-state index contributed by atoms with van der Waals surface area (Å²) in [6.07, 6.45) is 5.42. The summed E-state index contributed by atoms with van der Waals surface area (Å²) in [5.74, 6) is 0.252. The molecular formula is C13H18N6O2. The Kier molecular flexibility index (Phi) is 3.70. The maximum Gasteiger partial charge on any atom is 0.222 e. The van der Waals surface area contributed by atoms with Gasteiger partial charge in [0.15, 0.2) is 11.5 Å². The summed E-state index contributed by atoms with van der Waals surface area (Å²) in [6, 6.07) is -0.116. The van der Waals surface area contributed by atoms with Gasteiger partial charge in [-0.3, -0.25) is 4.79 Å². The molecule has 3 rings (SSSR count). The average molecular weight is 290 g/mol. The Morgan fingerprint density at radius 1 is 1.43 bits per heavy atom. The van der Waals surface area contributed by atoms with E-state index in [1.54, 1.807) is 10.9 Å². The monoisotopic (exact) mass is 290 g/mol. The largest absolute Gasteiger partial charge is 0.391 e. The lowest BCUT2D eigenvalue weighted by Crippen LogP contribution is -2.40. The van der Waals surface area contributed by atoms with Crippen LogP contribution in [-0.4, -0.2) is 42.7 Å². The van der Waals surface area contributed by atoms with Gasteiger partial charge in [-0.25, -0.2) is 15.0 Å². The number of hydrogen-bond acceptors (Lipinski definition) is 6. The molecule has 0 bridgehead atoms. The summed E-state index contributed by atoms with van der Waals surface area (Å²) in [6.45, 7) is 0.460. The van der Waals surface area contributed by atoms with Crippen molar-refractivity contribution < 1.29 is 9.90 Å². The molecule has 1 aliphatic carbocycles. The lowest BCUT2D eigenvalue weighted by Gasteiger charge is -2.16. The first-order chi connectivity index (χ1) is 10.1. The molecule has 0 unspecified atom stereocenters. The molecule has 0 radical (unpaired) electrons. The maximum absolute atomic E-state index is 11.9. The van der Waals surface area contributed by atoms with Gasteiger partial charge in [0, 0.05) is 13.0 Å². The molecule has 0 spiro atoms. The molecule has 4 N–H and O–H groups in total. The van der Waals surface area contributed by atoms with Crippen molar-refractivity contribution in [1.29, 1.82) is 0 Å². The first kappa shape index (κ1) is 13.7. The first-order valence-electron chi connectivity index (χ1n) is 7.04. The van der Waals surface area contributed by atoms with Crippen molar-refractivity contribution in [2.24, 2.45) is 0 Å². The van der Waals surface area contributed by atoms with Crippen LogP contribution in [0.4, 0.5) is 5.82 Å². The number of aliphatic hydroxyl groups is 1. The lowest BCUT2D eigenvalue weighted by molar-refractivity contribution is -0.122. The molecule has 0 aliphatic heterocycles. The SMILES string of the molecule is Nc1ncnc2c1ncn2CCC(=O)N[C@@H]1CCC[C@H]1O. The van der Waals surface area contributed by atoms with Crippen molar-refractivity contribution in [1.82, 2.24) is 24.8 Å². The molecule has 0 aromatic carbocycles. The second-order valence-electron chi connectivity index (χ2n) is 5.29. The Balaban J connectivity index is 1.61. The van der Waals surface area contributed by atoms with E-state index in [1.807, 2.05) is 0 Å². The molecule has 21 heavy (non-hydrogen) atoms. The zero-order chi connectivity index (χ0) is 14.8. The summed E-state index contributed by atoms with van der Waals surface area (Å²) in [4.78, 5) is 24.1. The van der Waals surface area contributed by atoms with Gasteiger partial charge in [0.1, 0.15) is 11.8 Å². The number of imidazole rings is 1. The van der Waals surface area contributed by atoms with Crippen LogP contribution >= 0.6 is 0 Å². The minimum atomic E-state index is -0.421. The minimum absolute atomic E-state index is 0.0789. The van der Waals surface area contributed by atoms with E-state index in [2.05, 4.69) is 20.3 Å². The molecule has 1 fully saturated rings. The number of nitrogens with two attached hydrogens (primary N) is 1. The number of aromatic nitrogens is 4. The van der Waals surface area contributed by atoms with Crippen molar-refractivity contribution >= 4 is 22.9 Å². The van der Waals surface area contributed by atoms with Crippen LogP contribution in [0, 0.1) is 0 Å². The highest BCUT2D eigenvalue weighted by Gasteiger charge is 2.26. The van der Waals surface area contributed by atoms with Crippen molar-refractivity contribution in [3.8, 4) is 0 Å². The molecule has 2 atom stereocenters. The van der Waals surface area contributed by atoms with Crippen molar-refractivity contribution in [2.45, 2.75) is 44.4 Å². The van der Waals surface area contributed by atoms with Crippen molar-refractivity contribution in [3.63, 3.8) is 0 Å². The van der Waals surface area contributed by atoms with Gasteiger partial charge in [-0.15, -0.1) is 0 Å². The number of aryl methyl sites for hydroxylation is 1. The Hall–Kier alpha value is -2.22. The molecule has 8 nitrogen and oxygen atoms in total. The number of nitrogens with one attached hydrogen (secondary N) is 1. The summed E-state index contributed by atoms with van der Waals surface area (Å²) in [7, 11) is 0. The normalized spacial score (nSPS) is 21.8. The van der Waals surface area contributed by atoms with Crippen LogP contribution in [0.3, 0.4) is 0 Å². The molecule has 1 aliphatic rings. The summed E-state index contributed by atoms with van der Waals surface area (Å²) >= 11 is 0. The van der Waals surface area contributed by atoms with E-state index in [4.69, 9.17) is 5.73 Å². The zero-order valence-electron chi connectivity index (χ0n) is 11.6. The van der Waals surface area contributed by atoms with Gasteiger partial charge < -0.3 is 20.7 Å². The predicted octanol–water partition coefficient (Wildman–Crippen LogP) is -0.172. The quantitative estimate of drug-likeness (QED) is 0.719. The molecule has 2 aromatic heterocycles. The van der Waals surface area contributed by atoms with Gasteiger partial charge in [-0.1, -0.05) is 0 Å². The Morgan fingerprint density at radius 2 is 2.29 bits per heavy atom. The topological polar surface area (TPSA) is 119 Å². The highest BCUT2D eigenvalue weighted by molar-refractivity contribution is 5.81. The van der Waals surface area contributed by atoms with Crippen molar-refractivity contribution in [3.05, 3.63) is 12.7 Å². The van der Waals surface area contributed by atoms with Crippen LogP contribution < -0.4 is 11.1 Å². The van der Waals surface area contributed by atoms with E-state index in [1.165, 1.54) is 6.33 Å². The second kappa shape index (κ2) is 5.65. The number of carbonyl (C=O) groups excluding carboxylic acids is 1. The summed E-state index contributed by atoms with van der Waals surface area (Å²) in [5, 5.41) is 12.6. The molecule has 2 heterocycles. The molecule has 8 heteroatoms. The van der Waals surface area contributed by atoms with Gasteiger partial charge in [0.25, 0.3) is 0 Å². The Bertz CT molecular complexity index is 655. The number of nitrogens with zero attached hydrogens (tertiary/aromatic N) is 4. The molecule has 0 saturated heterocycles. The third-order valence-electron chi connectivity index (χ3n) is 3.84. The van der Waals surface area contributed by atoms with Crippen LogP contribution in [0.1, 0.15) is 25.7 Å². The number of carbonyl (C=O) groups is 1. The standard InChI is InChI=1S/C13H18N6O2/c14-12-11-13(16-6-15-12)19(7-17-11)5-4-10(21)18-8-2-1-3-9(8)20/h6-9,20H,1-5H2,(H,18,21)(H2,14,15,16)/t8-,9-/m1/s1. The lowest BCUT2D eigenvalue weighted by atomic mass is 10.2. The first-order valence-corrected chi connectivity index (χ1v) is 7.04. The predicted molar refractivity (Wildman–Crippen MR) is 76.1 cm³/mol. The van der Waals surface area contributed by atoms with E-state index in [0.717, 1.165) is 19.3 Å². The molecule has 112 valence electrons. The van der Waals surface area contributed by atoms with E-state index in [9.17, 15) is 9.90 Å². The molecule has 2 aromatic rings. The molecule has 1 amide bonds. The number of anilines is 1. The van der Waals surface area contributed by atoms with E-state index in [-0.39, 0.29) is 11.9 Å².